The van der Waals surface area contributed by atoms with E-state index in [9.17, 15) is 4.79 Å². The summed E-state index contributed by atoms with van der Waals surface area (Å²) in [5, 5.41) is 0. The minimum Gasteiger partial charge on any atom is -0.460 e. The van der Waals surface area contributed by atoms with Crippen LogP contribution in [0.5, 0.6) is 0 Å². The van der Waals surface area contributed by atoms with Gasteiger partial charge in [-0.05, 0) is 27.2 Å². The molecule has 0 heterocycles. The molecular formula is C17H34O5. The van der Waals surface area contributed by atoms with E-state index >= 15 is 0 Å². The molecule has 0 aromatic heterocycles. The fraction of sp³-hybridized carbons (Fsp3) is 0.941. The highest BCUT2D eigenvalue weighted by molar-refractivity contribution is 5.69. The predicted octanol–water partition coefficient (Wildman–Crippen LogP) is 3.35. The normalized spacial score (nSPS) is 15.3. The molecule has 0 aromatic carbocycles. The van der Waals surface area contributed by atoms with Crippen molar-refractivity contribution < 1.29 is 23.7 Å². The molecule has 0 spiro atoms. The molecule has 0 radical (unpaired) electrons. The average Bonchev–Trinajstić information content (AvgIpc) is 2.48. The number of esters is 1. The highest BCUT2D eigenvalue weighted by atomic mass is 16.6. The molecule has 0 aromatic rings. The molecule has 22 heavy (non-hydrogen) atoms. The molecule has 0 N–H and O–H groups in total. The van der Waals surface area contributed by atoms with E-state index in [-0.39, 0.29) is 24.3 Å². The van der Waals surface area contributed by atoms with Crippen molar-refractivity contribution in [1.82, 2.24) is 0 Å². The van der Waals surface area contributed by atoms with Crippen molar-refractivity contribution in [3.05, 3.63) is 0 Å². The van der Waals surface area contributed by atoms with Crippen LogP contribution in [0.4, 0.5) is 0 Å². The van der Waals surface area contributed by atoms with E-state index < -0.39 is 0 Å². The van der Waals surface area contributed by atoms with Crippen LogP contribution in [0.3, 0.4) is 0 Å². The largest absolute Gasteiger partial charge is 0.460 e. The van der Waals surface area contributed by atoms with Gasteiger partial charge >= 0.3 is 5.97 Å². The number of methoxy groups -OCH3 is 1. The molecule has 0 aliphatic carbocycles. The van der Waals surface area contributed by atoms with Gasteiger partial charge in [-0.1, -0.05) is 26.2 Å². The van der Waals surface area contributed by atoms with Crippen molar-refractivity contribution in [2.75, 3.05) is 26.9 Å². The first-order valence-corrected chi connectivity index (χ1v) is 8.41. The van der Waals surface area contributed by atoms with E-state index in [0.717, 1.165) is 12.8 Å². The molecule has 0 saturated heterocycles. The van der Waals surface area contributed by atoms with Crippen LogP contribution >= 0.6 is 0 Å². The van der Waals surface area contributed by atoms with Gasteiger partial charge in [-0.3, -0.25) is 4.79 Å². The van der Waals surface area contributed by atoms with E-state index in [4.69, 9.17) is 18.9 Å². The molecule has 132 valence electrons. The standard InChI is InChI=1S/C17H34O5/c1-6-7-8-9-10-17(18)22-16(4)13-21-15(3)12-20-14(2)11-19-5/h14-16H,6-13H2,1-5H3. The molecule has 3 unspecified atom stereocenters. The first-order valence-electron chi connectivity index (χ1n) is 8.41. The Balaban J connectivity index is 3.65. The first kappa shape index (κ1) is 21.4. The van der Waals surface area contributed by atoms with E-state index in [1.165, 1.54) is 12.8 Å². The number of rotatable bonds is 14. The second-order valence-corrected chi connectivity index (χ2v) is 5.85. The van der Waals surface area contributed by atoms with Gasteiger partial charge in [0.05, 0.1) is 32.0 Å². The fourth-order valence-corrected chi connectivity index (χ4v) is 1.94. The number of unbranched alkanes of at least 4 members (excludes halogenated alkanes) is 3. The SMILES string of the molecule is CCCCCCC(=O)OC(C)COC(C)COC(C)COC. The van der Waals surface area contributed by atoms with Crippen molar-refractivity contribution in [3.63, 3.8) is 0 Å². The van der Waals surface area contributed by atoms with Crippen molar-refractivity contribution in [2.24, 2.45) is 0 Å². The third kappa shape index (κ3) is 13.0. The Hall–Kier alpha value is -0.650. The Morgan fingerprint density at radius 1 is 0.864 bits per heavy atom. The minimum absolute atomic E-state index is 0.0370. The van der Waals surface area contributed by atoms with Crippen molar-refractivity contribution in [1.29, 1.82) is 0 Å². The second-order valence-electron chi connectivity index (χ2n) is 5.85. The quantitative estimate of drug-likeness (QED) is 0.363. The summed E-state index contributed by atoms with van der Waals surface area (Å²) >= 11 is 0. The van der Waals surface area contributed by atoms with Crippen LogP contribution in [0.1, 0.15) is 59.8 Å². The lowest BCUT2D eigenvalue weighted by Gasteiger charge is -2.19. The van der Waals surface area contributed by atoms with Gasteiger partial charge in [-0.2, -0.15) is 0 Å². The van der Waals surface area contributed by atoms with E-state index in [1.807, 2.05) is 20.8 Å². The number of hydrogen-bond acceptors (Lipinski definition) is 5. The summed E-state index contributed by atoms with van der Waals surface area (Å²) in [6, 6.07) is 0. The van der Waals surface area contributed by atoms with Crippen LogP contribution in [0.25, 0.3) is 0 Å². The van der Waals surface area contributed by atoms with Crippen LogP contribution in [-0.2, 0) is 23.7 Å². The maximum absolute atomic E-state index is 11.6. The number of carbonyl (C=O) groups excluding carboxylic acids is 1. The van der Waals surface area contributed by atoms with Gasteiger partial charge < -0.3 is 18.9 Å². The summed E-state index contributed by atoms with van der Waals surface area (Å²) in [5.74, 6) is -0.134. The topological polar surface area (TPSA) is 54.0 Å². The molecular weight excluding hydrogens is 284 g/mol. The van der Waals surface area contributed by atoms with Crippen LogP contribution in [0, 0.1) is 0 Å². The summed E-state index contributed by atoms with van der Waals surface area (Å²) < 4.78 is 21.5. The highest BCUT2D eigenvalue weighted by Crippen LogP contribution is 2.06. The van der Waals surface area contributed by atoms with Gasteiger partial charge in [-0.25, -0.2) is 0 Å². The molecule has 0 saturated carbocycles. The molecule has 3 atom stereocenters. The lowest BCUT2D eigenvalue weighted by molar-refractivity contribution is -0.153. The van der Waals surface area contributed by atoms with Crippen LogP contribution < -0.4 is 0 Å². The van der Waals surface area contributed by atoms with E-state index in [1.54, 1.807) is 7.11 Å². The Morgan fingerprint density at radius 2 is 1.45 bits per heavy atom. The maximum atomic E-state index is 11.6. The van der Waals surface area contributed by atoms with Gasteiger partial charge in [0.25, 0.3) is 0 Å². The molecule has 0 rings (SSSR count). The number of hydrogen-bond donors (Lipinski definition) is 0. The number of carbonyl (C=O) groups is 1. The zero-order valence-electron chi connectivity index (χ0n) is 14.9. The van der Waals surface area contributed by atoms with Gasteiger partial charge in [0.15, 0.2) is 0 Å². The van der Waals surface area contributed by atoms with Gasteiger partial charge in [0.1, 0.15) is 6.10 Å². The fourth-order valence-electron chi connectivity index (χ4n) is 1.94. The zero-order valence-corrected chi connectivity index (χ0v) is 14.9. The smallest absolute Gasteiger partial charge is 0.306 e. The van der Waals surface area contributed by atoms with Gasteiger partial charge in [0, 0.05) is 13.5 Å². The van der Waals surface area contributed by atoms with Gasteiger partial charge in [0.2, 0.25) is 0 Å². The summed E-state index contributed by atoms with van der Waals surface area (Å²) in [4.78, 5) is 11.6. The highest BCUT2D eigenvalue weighted by Gasteiger charge is 2.12. The van der Waals surface area contributed by atoms with Crippen molar-refractivity contribution >= 4 is 5.97 Å². The minimum atomic E-state index is -0.225. The predicted molar refractivity (Wildman–Crippen MR) is 87.0 cm³/mol. The van der Waals surface area contributed by atoms with Crippen LogP contribution in [0.2, 0.25) is 0 Å². The molecule has 0 aliphatic rings. The van der Waals surface area contributed by atoms with E-state index in [2.05, 4.69) is 6.92 Å². The summed E-state index contributed by atoms with van der Waals surface area (Å²) in [6.07, 6.45) is 4.62. The molecule has 0 bridgehead atoms. The summed E-state index contributed by atoms with van der Waals surface area (Å²) in [6.45, 7) is 9.37. The molecule has 5 nitrogen and oxygen atoms in total. The summed E-state index contributed by atoms with van der Waals surface area (Å²) in [7, 11) is 1.65. The van der Waals surface area contributed by atoms with E-state index in [0.29, 0.717) is 26.2 Å². The lowest BCUT2D eigenvalue weighted by atomic mass is 10.1. The Kier molecular flexibility index (Phi) is 13.6. The number of ether oxygens (including phenoxy) is 4. The van der Waals surface area contributed by atoms with Crippen LogP contribution in [0.15, 0.2) is 0 Å². The Labute approximate surface area is 135 Å². The maximum Gasteiger partial charge on any atom is 0.306 e. The molecule has 0 amide bonds. The molecule has 0 aliphatic heterocycles. The Bertz CT molecular complexity index is 270. The molecule has 0 fully saturated rings. The third-order valence-electron chi connectivity index (χ3n) is 3.20. The van der Waals surface area contributed by atoms with Crippen molar-refractivity contribution in [2.45, 2.75) is 78.1 Å². The van der Waals surface area contributed by atoms with Crippen molar-refractivity contribution in [3.8, 4) is 0 Å². The Morgan fingerprint density at radius 3 is 2.05 bits per heavy atom. The average molecular weight is 318 g/mol. The monoisotopic (exact) mass is 318 g/mol. The lowest BCUT2D eigenvalue weighted by Crippen LogP contribution is -2.27. The van der Waals surface area contributed by atoms with Gasteiger partial charge in [-0.15, -0.1) is 0 Å². The molecule has 5 heteroatoms. The second kappa shape index (κ2) is 14.0. The summed E-state index contributed by atoms with van der Waals surface area (Å²) in [5.41, 5.74) is 0. The zero-order chi connectivity index (χ0) is 16.8. The third-order valence-corrected chi connectivity index (χ3v) is 3.20. The van der Waals surface area contributed by atoms with Crippen LogP contribution in [-0.4, -0.2) is 51.2 Å². The first-order chi connectivity index (χ1) is 10.5.